The van der Waals surface area contributed by atoms with E-state index in [-0.39, 0.29) is 0 Å². The van der Waals surface area contributed by atoms with E-state index in [1.54, 1.807) is 10.9 Å². The molecule has 0 saturated heterocycles. The lowest BCUT2D eigenvalue weighted by Gasteiger charge is -2.03. The molecule has 3 rings (SSSR count). The highest BCUT2D eigenvalue weighted by molar-refractivity contribution is 6.31. The first-order chi connectivity index (χ1) is 9.20. The molecule has 3 aromatic heterocycles. The van der Waals surface area contributed by atoms with Crippen molar-refractivity contribution in [2.24, 2.45) is 0 Å². The molecule has 0 fully saturated rings. The highest BCUT2D eigenvalue weighted by Crippen LogP contribution is 2.20. The van der Waals surface area contributed by atoms with Crippen molar-refractivity contribution in [3.63, 3.8) is 0 Å². The number of imidazole rings is 1. The van der Waals surface area contributed by atoms with Gasteiger partial charge in [0.2, 0.25) is 0 Å². The van der Waals surface area contributed by atoms with Gasteiger partial charge in [-0.1, -0.05) is 17.7 Å². The second kappa shape index (κ2) is 4.68. The minimum absolute atomic E-state index is 0.646. The average molecular weight is 276 g/mol. The number of aromatic nitrogens is 4. The smallest absolute Gasteiger partial charge is 0.176 e. The van der Waals surface area contributed by atoms with Crippen LogP contribution < -0.4 is 5.32 Å². The number of pyridine rings is 1. The topological polar surface area (TPSA) is 47.2 Å². The van der Waals surface area contributed by atoms with Crippen LogP contribution in [0, 0.1) is 6.92 Å². The molecular formula is C13H14ClN5. The van der Waals surface area contributed by atoms with Crippen LogP contribution in [0.3, 0.4) is 0 Å². The molecule has 3 heterocycles. The van der Waals surface area contributed by atoms with Gasteiger partial charge in [-0.15, -0.1) is 0 Å². The van der Waals surface area contributed by atoms with Crippen LogP contribution in [-0.4, -0.2) is 26.2 Å². The van der Waals surface area contributed by atoms with Crippen LogP contribution in [0.25, 0.3) is 11.5 Å². The SMILES string of the molecule is CNCc1c(-n2cc(Cl)c(C)n2)nc2ccccn12. The predicted molar refractivity (Wildman–Crippen MR) is 74.8 cm³/mol. The summed E-state index contributed by atoms with van der Waals surface area (Å²) in [6, 6.07) is 5.93. The van der Waals surface area contributed by atoms with Crippen molar-refractivity contribution >= 4 is 17.2 Å². The zero-order chi connectivity index (χ0) is 13.4. The van der Waals surface area contributed by atoms with Crippen molar-refractivity contribution in [2.45, 2.75) is 13.5 Å². The Hall–Kier alpha value is -1.85. The van der Waals surface area contributed by atoms with Gasteiger partial charge in [-0.05, 0) is 26.1 Å². The van der Waals surface area contributed by atoms with Gasteiger partial charge in [0.05, 0.1) is 22.6 Å². The van der Waals surface area contributed by atoms with Crippen molar-refractivity contribution < 1.29 is 0 Å². The van der Waals surface area contributed by atoms with Crippen molar-refractivity contribution in [2.75, 3.05) is 7.05 Å². The number of hydrogen-bond donors (Lipinski definition) is 1. The monoisotopic (exact) mass is 275 g/mol. The maximum Gasteiger partial charge on any atom is 0.176 e. The van der Waals surface area contributed by atoms with Gasteiger partial charge in [0.25, 0.3) is 0 Å². The summed E-state index contributed by atoms with van der Waals surface area (Å²) in [4.78, 5) is 4.62. The molecule has 0 aliphatic carbocycles. The number of nitrogens with zero attached hydrogens (tertiary/aromatic N) is 4. The first-order valence-corrected chi connectivity index (χ1v) is 6.41. The van der Waals surface area contributed by atoms with Crippen LogP contribution in [0.5, 0.6) is 0 Å². The lowest BCUT2D eigenvalue weighted by molar-refractivity contribution is 0.752. The Bertz CT molecular complexity index is 708. The van der Waals surface area contributed by atoms with Gasteiger partial charge in [0.15, 0.2) is 5.82 Å². The van der Waals surface area contributed by atoms with E-state index >= 15 is 0 Å². The fourth-order valence-corrected chi connectivity index (χ4v) is 2.23. The second-order valence-electron chi connectivity index (χ2n) is 4.35. The highest BCUT2D eigenvalue weighted by atomic mass is 35.5. The van der Waals surface area contributed by atoms with E-state index in [2.05, 4.69) is 19.8 Å². The molecule has 0 unspecified atom stereocenters. The molecule has 0 radical (unpaired) electrons. The zero-order valence-corrected chi connectivity index (χ0v) is 11.5. The molecule has 0 bridgehead atoms. The van der Waals surface area contributed by atoms with E-state index in [1.165, 1.54) is 0 Å². The lowest BCUT2D eigenvalue weighted by Crippen LogP contribution is -2.11. The fraction of sp³-hybridized carbons (Fsp3) is 0.231. The Kier molecular flexibility index (Phi) is 3.00. The normalized spacial score (nSPS) is 11.3. The third-order valence-electron chi connectivity index (χ3n) is 3.01. The molecule has 98 valence electrons. The van der Waals surface area contributed by atoms with Crippen LogP contribution >= 0.6 is 11.6 Å². The zero-order valence-electron chi connectivity index (χ0n) is 10.8. The summed E-state index contributed by atoms with van der Waals surface area (Å²) in [6.07, 6.45) is 3.79. The van der Waals surface area contributed by atoms with Crippen LogP contribution in [0.2, 0.25) is 5.02 Å². The summed E-state index contributed by atoms with van der Waals surface area (Å²) in [5.74, 6) is 0.801. The minimum atomic E-state index is 0.646. The molecular weight excluding hydrogens is 262 g/mol. The van der Waals surface area contributed by atoms with Crippen LogP contribution in [0.15, 0.2) is 30.6 Å². The maximum atomic E-state index is 6.07. The van der Waals surface area contributed by atoms with Crippen LogP contribution in [0.1, 0.15) is 11.4 Å². The van der Waals surface area contributed by atoms with E-state index in [9.17, 15) is 0 Å². The van der Waals surface area contributed by atoms with Crippen molar-refractivity contribution in [1.82, 2.24) is 24.5 Å². The summed E-state index contributed by atoms with van der Waals surface area (Å²) in [6.45, 7) is 2.59. The summed E-state index contributed by atoms with van der Waals surface area (Å²) in [5.41, 5.74) is 2.75. The van der Waals surface area contributed by atoms with E-state index in [4.69, 9.17) is 11.6 Å². The molecule has 5 nitrogen and oxygen atoms in total. The molecule has 19 heavy (non-hydrogen) atoms. The third-order valence-corrected chi connectivity index (χ3v) is 3.38. The minimum Gasteiger partial charge on any atom is -0.314 e. The Morgan fingerprint density at radius 2 is 2.21 bits per heavy atom. The number of rotatable bonds is 3. The van der Waals surface area contributed by atoms with Gasteiger partial charge in [0.1, 0.15) is 5.65 Å². The molecule has 1 N–H and O–H groups in total. The molecule has 0 aromatic carbocycles. The van der Waals surface area contributed by atoms with Crippen molar-refractivity contribution in [3.05, 3.63) is 47.0 Å². The van der Waals surface area contributed by atoms with Gasteiger partial charge >= 0.3 is 0 Å². The van der Waals surface area contributed by atoms with Crippen molar-refractivity contribution in [3.8, 4) is 5.82 Å². The Balaban J connectivity index is 2.24. The van der Waals surface area contributed by atoms with E-state index in [1.807, 2.05) is 38.4 Å². The number of halogens is 1. The molecule has 6 heteroatoms. The fourth-order valence-electron chi connectivity index (χ4n) is 2.10. The number of nitrogens with one attached hydrogen (secondary N) is 1. The number of aryl methyl sites for hydroxylation is 1. The van der Waals surface area contributed by atoms with Gasteiger partial charge in [-0.3, -0.25) is 0 Å². The molecule has 0 aliphatic heterocycles. The Morgan fingerprint density at radius 1 is 1.37 bits per heavy atom. The summed E-state index contributed by atoms with van der Waals surface area (Å²) in [5, 5.41) is 8.20. The van der Waals surface area contributed by atoms with Crippen molar-refractivity contribution in [1.29, 1.82) is 0 Å². The summed E-state index contributed by atoms with van der Waals surface area (Å²) >= 11 is 6.07. The highest BCUT2D eigenvalue weighted by Gasteiger charge is 2.14. The molecule has 0 amide bonds. The Labute approximate surface area is 115 Å². The quantitative estimate of drug-likeness (QED) is 0.797. The van der Waals surface area contributed by atoms with Gasteiger partial charge in [-0.2, -0.15) is 5.10 Å². The van der Waals surface area contributed by atoms with Crippen LogP contribution in [-0.2, 0) is 6.54 Å². The van der Waals surface area contributed by atoms with Gasteiger partial charge in [0, 0.05) is 12.7 Å². The molecule has 0 spiro atoms. The first-order valence-electron chi connectivity index (χ1n) is 6.03. The number of fused-ring (bicyclic) bond motifs is 1. The average Bonchev–Trinajstić information content (AvgIpc) is 2.92. The Morgan fingerprint density at radius 3 is 2.89 bits per heavy atom. The first kappa shape index (κ1) is 12.2. The standard InChI is InChI=1S/C13H14ClN5/c1-9-10(14)8-19(17-9)13-11(7-15-2)18-6-4-3-5-12(18)16-13/h3-6,8,15H,7H2,1-2H3. The largest absolute Gasteiger partial charge is 0.314 e. The number of hydrogen-bond acceptors (Lipinski definition) is 3. The maximum absolute atomic E-state index is 6.07. The van der Waals surface area contributed by atoms with E-state index < -0.39 is 0 Å². The second-order valence-corrected chi connectivity index (χ2v) is 4.76. The molecule has 0 aliphatic rings. The van der Waals surface area contributed by atoms with E-state index in [0.717, 1.165) is 22.9 Å². The van der Waals surface area contributed by atoms with E-state index in [0.29, 0.717) is 11.6 Å². The molecule has 3 aromatic rings. The molecule has 0 saturated carbocycles. The van der Waals surface area contributed by atoms with Gasteiger partial charge in [-0.25, -0.2) is 9.67 Å². The summed E-state index contributed by atoms with van der Waals surface area (Å²) < 4.78 is 3.79. The summed E-state index contributed by atoms with van der Waals surface area (Å²) in [7, 11) is 1.91. The molecule has 0 atom stereocenters. The predicted octanol–water partition coefficient (Wildman–Crippen LogP) is 2.20. The lowest BCUT2D eigenvalue weighted by atomic mass is 10.4. The van der Waals surface area contributed by atoms with Crippen LogP contribution in [0.4, 0.5) is 0 Å². The third kappa shape index (κ3) is 2.01. The van der Waals surface area contributed by atoms with Gasteiger partial charge < -0.3 is 9.72 Å².